The van der Waals surface area contributed by atoms with Crippen LogP contribution in [0.25, 0.3) is 0 Å². The lowest BCUT2D eigenvalue weighted by Crippen LogP contribution is -2.46. The van der Waals surface area contributed by atoms with Crippen molar-refractivity contribution in [3.05, 3.63) is 70.2 Å². The van der Waals surface area contributed by atoms with Gasteiger partial charge in [-0.1, -0.05) is 60.5 Å². The van der Waals surface area contributed by atoms with E-state index in [4.69, 9.17) is 11.6 Å². The number of rotatable bonds is 7. The molecule has 0 aliphatic carbocycles. The molecule has 162 valence electrons. The first-order valence-corrected chi connectivity index (χ1v) is 12.4. The van der Waals surface area contributed by atoms with Gasteiger partial charge in [-0.3, -0.25) is 4.79 Å². The Balaban J connectivity index is 1.65. The Hall–Kier alpha value is -1.89. The van der Waals surface area contributed by atoms with Crippen LogP contribution in [0, 0.1) is 12.8 Å². The first-order valence-electron chi connectivity index (χ1n) is 10.4. The Bertz CT molecular complexity index is 976. The maximum Gasteiger partial charge on any atom is 0.224 e. The third-order valence-electron chi connectivity index (χ3n) is 5.59. The second kappa shape index (κ2) is 9.94. The lowest BCUT2D eigenvalue weighted by atomic mass is 9.97. The largest absolute Gasteiger partial charge is 0.349 e. The zero-order valence-corrected chi connectivity index (χ0v) is 19.0. The molecule has 1 aliphatic rings. The van der Waals surface area contributed by atoms with E-state index in [0.29, 0.717) is 30.0 Å². The molecule has 0 radical (unpaired) electrons. The Morgan fingerprint density at radius 1 is 1.23 bits per heavy atom. The number of sulfonamides is 1. The summed E-state index contributed by atoms with van der Waals surface area (Å²) in [4.78, 5) is 12.9. The maximum atomic E-state index is 12.9. The van der Waals surface area contributed by atoms with E-state index >= 15 is 0 Å². The van der Waals surface area contributed by atoms with Gasteiger partial charge in [-0.05, 0) is 49.4 Å². The van der Waals surface area contributed by atoms with Crippen molar-refractivity contribution < 1.29 is 13.2 Å². The van der Waals surface area contributed by atoms with Crippen molar-refractivity contribution in [2.45, 2.75) is 44.9 Å². The van der Waals surface area contributed by atoms with Gasteiger partial charge in [0.25, 0.3) is 0 Å². The highest BCUT2D eigenvalue weighted by molar-refractivity contribution is 7.88. The molecule has 30 heavy (non-hydrogen) atoms. The molecule has 7 heteroatoms. The molecule has 1 aliphatic heterocycles. The molecule has 0 aromatic heterocycles. The summed E-state index contributed by atoms with van der Waals surface area (Å²) in [5.41, 5.74) is 2.89. The van der Waals surface area contributed by atoms with Crippen LogP contribution in [-0.4, -0.2) is 31.7 Å². The Morgan fingerprint density at radius 3 is 2.63 bits per heavy atom. The van der Waals surface area contributed by atoms with Gasteiger partial charge >= 0.3 is 0 Å². The van der Waals surface area contributed by atoms with Crippen molar-refractivity contribution in [1.82, 2.24) is 9.62 Å². The van der Waals surface area contributed by atoms with E-state index in [0.717, 1.165) is 12.0 Å². The fourth-order valence-electron chi connectivity index (χ4n) is 3.85. The number of nitrogens with one attached hydrogen (secondary N) is 1. The van der Waals surface area contributed by atoms with Crippen molar-refractivity contribution in [3.63, 3.8) is 0 Å². The molecule has 1 heterocycles. The number of hydrogen-bond acceptors (Lipinski definition) is 3. The van der Waals surface area contributed by atoms with Gasteiger partial charge in [-0.25, -0.2) is 12.7 Å². The van der Waals surface area contributed by atoms with Gasteiger partial charge in [0.2, 0.25) is 15.9 Å². The quantitative estimate of drug-likeness (QED) is 0.680. The van der Waals surface area contributed by atoms with Crippen LogP contribution in [0.3, 0.4) is 0 Å². The first-order chi connectivity index (χ1) is 14.3. The highest BCUT2D eigenvalue weighted by atomic mass is 35.5. The second-order valence-electron chi connectivity index (χ2n) is 7.96. The minimum atomic E-state index is -3.52. The molecule has 0 unspecified atom stereocenters. The van der Waals surface area contributed by atoms with E-state index in [9.17, 15) is 13.2 Å². The van der Waals surface area contributed by atoms with Crippen LogP contribution in [-0.2, 0) is 20.6 Å². The lowest BCUT2D eigenvalue weighted by Gasteiger charge is -2.32. The van der Waals surface area contributed by atoms with Crippen LogP contribution < -0.4 is 5.32 Å². The van der Waals surface area contributed by atoms with E-state index in [1.165, 1.54) is 9.87 Å². The normalized spacial score (nSPS) is 18.7. The highest BCUT2D eigenvalue weighted by Crippen LogP contribution is 2.24. The third kappa shape index (κ3) is 5.84. The van der Waals surface area contributed by atoms with Crippen molar-refractivity contribution in [3.8, 4) is 0 Å². The van der Waals surface area contributed by atoms with Crippen molar-refractivity contribution >= 4 is 27.5 Å². The molecule has 2 aromatic rings. The predicted octanol–water partition coefficient (Wildman–Crippen LogP) is 4.46. The molecule has 2 aromatic carbocycles. The van der Waals surface area contributed by atoms with Crippen LogP contribution in [0.15, 0.2) is 48.5 Å². The number of hydrogen-bond donors (Lipinski definition) is 1. The van der Waals surface area contributed by atoms with E-state index < -0.39 is 10.0 Å². The molecular weight excluding hydrogens is 420 g/mol. The van der Waals surface area contributed by atoms with Crippen LogP contribution >= 0.6 is 11.6 Å². The van der Waals surface area contributed by atoms with Crippen LogP contribution in [0.4, 0.5) is 0 Å². The minimum Gasteiger partial charge on any atom is -0.349 e. The summed E-state index contributed by atoms with van der Waals surface area (Å²) in [6.45, 7) is 4.73. The third-order valence-corrected chi connectivity index (χ3v) is 7.64. The van der Waals surface area contributed by atoms with Gasteiger partial charge in [0.15, 0.2) is 0 Å². The summed E-state index contributed by atoms with van der Waals surface area (Å²) in [5, 5.41) is 3.64. The SMILES string of the molecule is CC[C@H](NC(=O)[C@H]1CCCN(S(=O)(=O)Cc2cccc(Cl)c2)C1)c1ccc(C)cc1. The lowest BCUT2D eigenvalue weighted by molar-refractivity contribution is -0.126. The fourth-order valence-corrected chi connectivity index (χ4v) is 5.66. The number of halogens is 1. The van der Waals surface area contributed by atoms with Crippen molar-refractivity contribution in [2.24, 2.45) is 5.92 Å². The number of benzene rings is 2. The van der Waals surface area contributed by atoms with Crippen LogP contribution in [0.5, 0.6) is 0 Å². The molecule has 1 saturated heterocycles. The Labute approximate surface area is 184 Å². The molecule has 0 spiro atoms. The number of aryl methyl sites for hydroxylation is 1. The summed E-state index contributed by atoms with van der Waals surface area (Å²) in [6.07, 6.45) is 2.14. The van der Waals surface area contributed by atoms with E-state index in [-0.39, 0.29) is 30.2 Å². The fraction of sp³-hybridized carbons (Fsp3) is 0.435. The van der Waals surface area contributed by atoms with Gasteiger partial charge in [0, 0.05) is 18.1 Å². The molecule has 1 amide bonds. The number of carbonyl (C=O) groups excluding carboxylic acids is 1. The monoisotopic (exact) mass is 448 g/mol. The zero-order chi connectivity index (χ0) is 21.7. The minimum absolute atomic E-state index is 0.0726. The molecule has 1 N–H and O–H groups in total. The Morgan fingerprint density at radius 2 is 1.97 bits per heavy atom. The van der Waals surface area contributed by atoms with Crippen molar-refractivity contribution in [2.75, 3.05) is 13.1 Å². The summed E-state index contributed by atoms with van der Waals surface area (Å²) >= 11 is 5.98. The predicted molar refractivity (Wildman–Crippen MR) is 121 cm³/mol. The molecule has 1 fully saturated rings. The van der Waals surface area contributed by atoms with Crippen LogP contribution in [0.1, 0.15) is 48.9 Å². The summed E-state index contributed by atoms with van der Waals surface area (Å²) in [6, 6.07) is 15.0. The second-order valence-corrected chi connectivity index (χ2v) is 10.4. The average Bonchev–Trinajstić information content (AvgIpc) is 2.72. The van der Waals surface area contributed by atoms with E-state index in [1.807, 2.05) is 38.1 Å². The first kappa shape index (κ1) is 22.8. The van der Waals surface area contributed by atoms with Gasteiger partial charge in [0.05, 0.1) is 17.7 Å². The maximum absolute atomic E-state index is 12.9. The molecule has 0 bridgehead atoms. The van der Waals surface area contributed by atoms with Gasteiger partial charge in [0.1, 0.15) is 0 Å². The van der Waals surface area contributed by atoms with Crippen molar-refractivity contribution in [1.29, 1.82) is 0 Å². The van der Waals surface area contributed by atoms with Gasteiger partial charge in [-0.15, -0.1) is 0 Å². The van der Waals surface area contributed by atoms with Gasteiger partial charge in [-0.2, -0.15) is 0 Å². The topological polar surface area (TPSA) is 66.5 Å². The number of nitrogens with zero attached hydrogens (tertiary/aromatic N) is 1. The smallest absolute Gasteiger partial charge is 0.224 e. The number of amides is 1. The van der Waals surface area contributed by atoms with Gasteiger partial charge < -0.3 is 5.32 Å². The van der Waals surface area contributed by atoms with E-state index in [1.54, 1.807) is 24.3 Å². The molecule has 2 atom stereocenters. The number of piperidine rings is 1. The summed E-state index contributed by atoms with van der Waals surface area (Å²) < 4.78 is 27.3. The van der Waals surface area contributed by atoms with E-state index in [2.05, 4.69) is 5.32 Å². The molecule has 5 nitrogen and oxygen atoms in total. The zero-order valence-electron chi connectivity index (χ0n) is 17.5. The number of carbonyl (C=O) groups is 1. The standard InChI is InChI=1S/C23H29ClN2O3S/c1-3-22(19-11-9-17(2)10-12-19)25-23(27)20-7-5-13-26(15-20)30(28,29)16-18-6-4-8-21(24)14-18/h4,6,8-12,14,20,22H,3,5,7,13,15-16H2,1-2H3,(H,25,27)/t20-,22-/m0/s1. The molecule has 0 saturated carbocycles. The summed E-state index contributed by atoms with van der Waals surface area (Å²) in [7, 11) is -3.52. The highest BCUT2D eigenvalue weighted by Gasteiger charge is 2.33. The molecule has 3 rings (SSSR count). The Kier molecular flexibility index (Phi) is 7.55. The van der Waals surface area contributed by atoms with Crippen LogP contribution in [0.2, 0.25) is 5.02 Å². The average molecular weight is 449 g/mol. The molecular formula is C23H29ClN2O3S. The summed E-state index contributed by atoms with van der Waals surface area (Å²) in [5.74, 6) is -0.527.